The van der Waals surface area contributed by atoms with Crippen molar-refractivity contribution in [1.29, 1.82) is 0 Å². The Hall–Kier alpha value is -2.57. The molecule has 11 nitrogen and oxygen atoms in total. The third-order valence-corrected chi connectivity index (χ3v) is 5.07. The summed E-state index contributed by atoms with van der Waals surface area (Å²) in [5, 5.41) is 17.2. The van der Waals surface area contributed by atoms with Crippen molar-refractivity contribution in [1.82, 2.24) is 10.6 Å². The number of aliphatic hydroxyl groups excluding tert-OH is 1. The van der Waals surface area contributed by atoms with E-state index in [-0.39, 0.29) is 31.5 Å². The number of rotatable bonds is 19. The van der Waals surface area contributed by atoms with Gasteiger partial charge in [0.25, 0.3) is 0 Å². The summed E-state index contributed by atoms with van der Waals surface area (Å²) < 4.78 is 20.9. The van der Waals surface area contributed by atoms with E-state index in [0.29, 0.717) is 45.3 Å². The van der Waals surface area contributed by atoms with Gasteiger partial charge in [-0.05, 0) is 30.5 Å². The molecule has 204 valence electrons. The zero-order chi connectivity index (χ0) is 26.8. The minimum atomic E-state index is -0.818. The van der Waals surface area contributed by atoms with Gasteiger partial charge in [-0.1, -0.05) is 26.0 Å². The molecule has 0 aliphatic heterocycles. The highest BCUT2D eigenvalue weighted by atomic mass is 16.6. The molecule has 1 aromatic carbocycles. The number of ether oxygens (including phenoxy) is 4. The molecule has 0 aliphatic rings. The number of amides is 3. The smallest absolute Gasteiger partial charge is 0.246 e. The molecule has 0 heterocycles. The number of benzene rings is 1. The molecule has 36 heavy (non-hydrogen) atoms. The van der Waals surface area contributed by atoms with Crippen LogP contribution in [0.5, 0.6) is 0 Å². The number of aliphatic hydroxyl groups is 1. The first-order chi connectivity index (χ1) is 17.3. The number of hydrogen-bond acceptors (Lipinski definition) is 8. The van der Waals surface area contributed by atoms with Gasteiger partial charge in [-0.3, -0.25) is 14.4 Å². The molecule has 0 aromatic heterocycles. The van der Waals surface area contributed by atoms with E-state index >= 15 is 0 Å². The molecule has 0 spiro atoms. The maximum absolute atomic E-state index is 12.7. The van der Waals surface area contributed by atoms with E-state index < -0.39 is 23.9 Å². The fourth-order valence-electron chi connectivity index (χ4n) is 2.94. The minimum Gasteiger partial charge on any atom is -0.392 e. The Balaban J connectivity index is 2.31. The zero-order valence-corrected chi connectivity index (χ0v) is 21.7. The van der Waals surface area contributed by atoms with Crippen molar-refractivity contribution in [2.45, 2.75) is 45.9 Å². The van der Waals surface area contributed by atoms with Crippen molar-refractivity contribution in [3.8, 4) is 0 Å². The lowest BCUT2D eigenvalue weighted by Crippen LogP contribution is -2.53. The summed E-state index contributed by atoms with van der Waals surface area (Å²) in [5.74, 6) is -1.35. The highest BCUT2D eigenvalue weighted by Gasteiger charge is 2.26. The van der Waals surface area contributed by atoms with Crippen LogP contribution >= 0.6 is 0 Å². The lowest BCUT2D eigenvalue weighted by molar-refractivity contribution is -0.132. The van der Waals surface area contributed by atoms with Crippen LogP contribution in [0.3, 0.4) is 0 Å². The van der Waals surface area contributed by atoms with Gasteiger partial charge < -0.3 is 40.0 Å². The number of methoxy groups -OCH3 is 1. The second-order valence-corrected chi connectivity index (χ2v) is 8.44. The molecular formula is C25H41N3O8. The first-order valence-corrected chi connectivity index (χ1v) is 12.1. The van der Waals surface area contributed by atoms with Crippen LogP contribution in [0.15, 0.2) is 24.3 Å². The predicted octanol–water partition coefficient (Wildman–Crippen LogP) is 0.849. The normalized spacial score (nSPS) is 12.7. The van der Waals surface area contributed by atoms with Crippen LogP contribution in [0.2, 0.25) is 0 Å². The number of carbonyl (C=O) groups is 3. The third kappa shape index (κ3) is 13.5. The Morgan fingerprint density at radius 1 is 0.806 bits per heavy atom. The van der Waals surface area contributed by atoms with Gasteiger partial charge in [0.05, 0.1) is 52.9 Å². The van der Waals surface area contributed by atoms with Crippen molar-refractivity contribution in [2.24, 2.45) is 5.92 Å². The zero-order valence-electron chi connectivity index (χ0n) is 21.7. The van der Waals surface area contributed by atoms with Crippen molar-refractivity contribution in [3.63, 3.8) is 0 Å². The first kappa shape index (κ1) is 31.5. The van der Waals surface area contributed by atoms with Crippen LogP contribution in [-0.2, 0) is 39.9 Å². The summed E-state index contributed by atoms with van der Waals surface area (Å²) in [6, 6.07) is 5.12. The second-order valence-electron chi connectivity index (χ2n) is 8.44. The van der Waals surface area contributed by atoms with Crippen LogP contribution in [0.4, 0.5) is 5.69 Å². The molecule has 11 heteroatoms. The molecule has 1 aromatic rings. The summed E-state index contributed by atoms with van der Waals surface area (Å²) in [6.45, 7) is 8.01. The van der Waals surface area contributed by atoms with E-state index in [9.17, 15) is 14.4 Å². The van der Waals surface area contributed by atoms with Gasteiger partial charge in [0.15, 0.2) is 0 Å². The van der Waals surface area contributed by atoms with Crippen molar-refractivity contribution >= 4 is 23.4 Å². The van der Waals surface area contributed by atoms with Gasteiger partial charge in [0.1, 0.15) is 12.1 Å². The molecule has 3 amide bonds. The average molecular weight is 512 g/mol. The Kier molecular flexibility index (Phi) is 16.3. The second kappa shape index (κ2) is 18.7. The standard InChI is InChI=1S/C25H41N3O8/c1-18(2)23(28-22(30)9-10-34-13-14-36-16-15-35-12-11-33-4)25(32)26-19(3)24(31)27-21-7-5-20(17-29)6-8-21/h5-8,18-19,23,29H,9-17H2,1-4H3,(H,26,32)(H,27,31)(H,28,30)/t19-,23-/m0/s1. The van der Waals surface area contributed by atoms with E-state index in [0.717, 1.165) is 5.56 Å². The molecule has 0 bridgehead atoms. The summed E-state index contributed by atoms with van der Waals surface area (Å²) in [5.41, 5.74) is 1.27. The van der Waals surface area contributed by atoms with Crippen LogP contribution in [0, 0.1) is 5.92 Å². The summed E-state index contributed by atoms with van der Waals surface area (Å²) >= 11 is 0. The third-order valence-electron chi connectivity index (χ3n) is 5.07. The monoisotopic (exact) mass is 511 g/mol. The number of carbonyl (C=O) groups excluding carboxylic acids is 3. The molecule has 2 atom stereocenters. The Bertz CT molecular complexity index is 773. The van der Waals surface area contributed by atoms with Crippen LogP contribution in [0.25, 0.3) is 0 Å². The summed E-state index contributed by atoms with van der Waals surface area (Å²) in [7, 11) is 1.61. The first-order valence-electron chi connectivity index (χ1n) is 12.1. The van der Waals surface area contributed by atoms with Crippen molar-refractivity contribution in [2.75, 3.05) is 58.7 Å². The van der Waals surface area contributed by atoms with E-state index in [1.165, 1.54) is 0 Å². The molecule has 0 aliphatic carbocycles. The Morgan fingerprint density at radius 2 is 1.36 bits per heavy atom. The maximum Gasteiger partial charge on any atom is 0.246 e. The lowest BCUT2D eigenvalue weighted by Gasteiger charge is -2.24. The Morgan fingerprint density at radius 3 is 1.89 bits per heavy atom. The number of hydrogen-bond donors (Lipinski definition) is 4. The van der Waals surface area contributed by atoms with Gasteiger partial charge in [-0.15, -0.1) is 0 Å². The van der Waals surface area contributed by atoms with Crippen molar-refractivity contribution < 1.29 is 38.4 Å². The molecule has 0 saturated heterocycles. The van der Waals surface area contributed by atoms with Gasteiger partial charge in [0.2, 0.25) is 17.7 Å². The van der Waals surface area contributed by atoms with E-state index in [1.54, 1.807) is 38.3 Å². The van der Waals surface area contributed by atoms with Gasteiger partial charge in [-0.2, -0.15) is 0 Å². The van der Waals surface area contributed by atoms with Crippen LogP contribution < -0.4 is 16.0 Å². The summed E-state index contributed by atoms with van der Waals surface area (Å²) in [6.07, 6.45) is 0.0938. The minimum absolute atomic E-state index is 0.0879. The lowest BCUT2D eigenvalue weighted by atomic mass is 10.0. The molecule has 0 unspecified atom stereocenters. The fraction of sp³-hybridized carbons (Fsp3) is 0.640. The molecular weight excluding hydrogens is 470 g/mol. The van der Waals surface area contributed by atoms with Crippen LogP contribution in [-0.4, -0.2) is 88.3 Å². The number of anilines is 1. The largest absolute Gasteiger partial charge is 0.392 e. The van der Waals surface area contributed by atoms with Crippen LogP contribution in [0.1, 0.15) is 32.8 Å². The summed E-state index contributed by atoms with van der Waals surface area (Å²) in [4.78, 5) is 37.5. The van der Waals surface area contributed by atoms with Gasteiger partial charge >= 0.3 is 0 Å². The average Bonchev–Trinajstić information content (AvgIpc) is 2.85. The molecule has 4 N–H and O–H groups in total. The molecule has 0 saturated carbocycles. The quantitative estimate of drug-likeness (QED) is 0.200. The van der Waals surface area contributed by atoms with E-state index in [2.05, 4.69) is 16.0 Å². The highest BCUT2D eigenvalue weighted by Crippen LogP contribution is 2.10. The Labute approximate surface area is 213 Å². The highest BCUT2D eigenvalue weighted by molar-refractivity contribution is 5.98. The SMILES string of the molecule is COCCOCCOCCOCCC(=O)N[C@H](C(=O)N[C@@H](C)C(=O)Nc1ccc(CO)cc1)C(C)C. The topological polar surface area (TPSA) is 144 Å². The molecule has 0 radical (unpaired) electrons. The fourth-order valence-corrected chi connectivity index (χ4v) is 2.94. The van der Waals surface area contributed by atoms with E-state index in [4.69, 9.17) is 24.1 Å². The maximum atomic E-state index is 12.7. The van der Waals surface area contributed by atoms with Gasteiger partial charge in [-0.25, -0.2) is 0 Å². The molecule has 0 fully saturated rings. The van der Waals surface area contributed by atoms with Crippen molar-refractivity contribution in [3.05, 3.63) is 29.8 Å². The number of nitrogens with one attached hydrogen (secondary N) is 3. The predicted molar refractivity (Wildman–Crippen MR) is 134 cm³/mol. The van der Waals surface area contributed by atoms with E-state index in [1.807, 2.05) is 13.8 Å². The van der Waals surface area contributed by atoms with Gasteiger partial charge in [0, 0.05) is 19.2 Å². The molecule has 1 rings (SSSR count).